The molecular weight excluding hydrogens is 412 g/mol. The Balaban J connectivity index is 1.33. The van der Waals surface area contributed by atoms with Gasteiger partial charge in [-0.3, -0.25) is 0 Å². The molecule has 0 bridgehead atoms. The lowest BCUT2D eigenvalue weighted by atomic mass is 10.1. The van der Waals surface area contributed by atoms with Crippen molar-refractivity contribution in [1.29, 1.82) is 0 Å². The average molecular weight is 438 g/mol. The number of benzene rings is 1. The Morgan fingerprint density at radius 3 is 2.37 bits per heavy atom. The fourth-order valence-corrected chi connectivity index (χ4v) is 6.92. The van der Waals surface area contributed by atoms with Crippen molar-refractivity contribution in [2.45, 2.75) is 50.6 Å². The first-order valence-electron chi connectivity index (χ1n) is 10.3. The van der Waals surface area contributed by atoms with E-state index in [1.807, 2.05) is 16.4 Å². The maximum absolute atomic E-state index is 14.9. The van der Waals surface area contributed by atoms with Crippen LogP contribution in [0, 0.1) is 23.5 Å². The predicted octanol–water partition coefficient (Wildman–Crippen LogP) is 2.57. The third kappa shape index (κ3) is 3.11. The molecule has 1 saturated carbocycles. The molecule has 3 aliphatic rings. The maximum Gasteiger partial charge on any atom is 0.217 e. The van der Waals surface area contributed by atoms with E-state index >= 15 is 0 Å². The van der Waals surface area contributed by atoms with Crippen LogP contribution in [-0.4, -0.2) is 51.9 Å². The van der Waals surface area contributed by atoms with Crippen molar-refractivity contribution in [3.8, 4) is 0 Å². The summed E-state index contributed by atoms with van der Waals surface area (Å²) < 4.78 is 58.4. The first kappa shape index (κ1) is 19.9. The topological polar surface area (TPSA) is 71.3 Å². The van der Waals surface area contributed by atoms with Crippen LogP contribution in [0.15, 0.2) is 24.8 Å². The molecule has 7 nitrogen and oxygen atoms in total. The number of fused-ring (bicyclic) bond motifs is 1. The summed E-state index contributed by atoms with van der Waals surface area (Å²) in [6.07, 6.45) is 4.69. The van der Waals surface area contributed by atoms with Crippen LogP contribution in [0.25, 0.3) is 0 Å². The van der Waals surface area contributed by atoms with Gasteiger partial charge in [-0.2, -0.15) is 4.31 Å². The fourth-order valence-electron chi connectivity index (χ4n) is 5.10. The lowest BCUT2D eigenvalue weighted by Gasteiger charge is -2.36. The number of hydrogen-bond acceptors (Lipinski definition) is 5. The molecule has 1 aromatic heterocycles. The van der Waals surface area contributed by atoms with Crippen LogP contribution >= 0.6 is 0 Å². The van der Waals surface area contributed by atoms with Crippen molar-refractivity contribution in [2.75, 3.05) is 18.0 Å². The number of rotatable bonds is 4. The second kappa shape index (κ2) is 6.98. The van der Waals surface area contributed by atoms with E-state index in [0.29, 0.717) is 43.8 Å². The summed E-state index contributed by atoms with van der Waals surface area (Å²) >= 11 is 0. The lowest BCUT2D eigenvalue weighted by Crippen LogP contribution is -2.47. The highest BCUT2D eigenvalue weighted by molar-refractivity contribution is 7.89. The molecule has 1 aliphatic carbocycles. The largest absolute Gasteiger partial charge is 0.368 e. The minimum absolute atomic E-state index is 0.0764. The number of hydrogen-bond donors (Lipinski definition) is 0. The van der Waals surface area contributed by atoms with E-state index in [1.165, 1.54) is 10.4 Å². The van der Waals surface area contributed by atoms with Gasteiger partial charge < -0.3 is 9.47 Å². The van der Waals surface area contributed by atoms with Crippen LogP contribution in [0.1, 0.15) is 38.3 Å². The van der Waals surface area contributed by atoms with Crippen LogP contribution in [0.2, 0.25) is 0 Å². The van der Waals surface area contributed by atoms with Crippen LogP contribution in [0.3, 0.4) is 0 Å². The molecule has 162 valence electrons. The molecule has 0 amide bonds. The number of nitrogens with zero attached hydrogens (tertiary/aromatic N) is 5. The van der Waals surface area contributed by atoms with Gasteiger partial charge in [0.15, 0.2) is 0 Å². The van der Waals surface area contributed by atoms with E-state index in [1.54, 1.807) is 19.6 Å². The fraction of sp³-hybridized carbons (Fsp3) is 0.600. The molecule has 0 spiro atoms. The molecule has 30 heavy (non-hydrogen) atoms. The molecule has 2 unspecified atom stereocenters. The second-order valence-corrected chi connectivity index (χ2v) is 11.2. The van der Waals surface area contributed by atoms with E-state index in [9.17, 15) is 17.2 Å². The highest BCUT2D eigenvalue weighted by Crippen LogP contribution is 2.56. The maximum atomic E-state index is 14.9. The quantitative estimate of drug-likeness (QED) is 0.735. The SMILES string of the molecule is CC1CC[C@H](C)N(Cc2cc(F)c(N3C[C@@H]4C(n5cnnc5)[C@@H]4C3)cc2F)S1(=O)=O. The van der Waals surface area contributed by atoms with Gasteiger partial charge in [0.25, 0.3) is 0 Å². The van der Waals surface area contributed by atoms with Gasteiger partial charge in [0.2, 0.25) is 10.0 Å². The summed E-state index contributed by atoms with van der Waals surface area (Å²) in [6.45, 7) is 4.64. The Hall–Kier alpha value is -2.07. The van der Waals surface area contributed by atoms with Crippen molar-refractivity contribution >= 4 is 15.7 Å². The Morgan fingerprint density at radius 2 is 1.70 bits per heavy atom. The van der Waals surface area contributed by atoms with Gasteiger partial charge in [-0.25, -0.2) is 17.2 Å². The number of anilines is 1. The van der Waals surface area contributed by atoms with Crippen molar-refractivity contribution in [3.05, 3.63) is 42.0 Å². The third-order valence-electron chi connectivity index (χ3n) is 7.03. The Kier molecular flexibility index (Phi) is 4.62. The molecule has 0 N–H and O–H groups in total. The highest BCUT2D eigenvalue weighted by Gasteiger charge is 2.57. The number of aromatic nitrogens is 3. The van der Waals surface area contributed by atoms with E-state index in [0.717, 1.165) is 6.07 Å². The van der Waals surface area contributed by atoms with Crippen LogP contribution in [0.4, 0.5) is 14.5 Å². The van der Waals surface area contributed by atoms with Crippen LogP contribution in [0.5, 0.6) is 0 Å². The molecule has 2 aromatic rings. The van der Waals surface area contributed by atoms with Gasteiger partial charge in [0, 0.05) is 55.2 Å². The first-order valence-corrected chi connectivity index (χ1v) is 11.9. The number of piperidine rings is 1. The summed E-state index contributed by atoms with van der Waals surface area (Å²) in [5.74, 6) is -0.320. The molecule has 3 fully saturated rings. The van der Waals surface area contributed by atoms with Gasteiger partial charge in [-0.15, -0.1) is 10.2 Å². The van der Waals surface area contributed by atoms with Gasteiger partial charge >= 0.3 is 0 Å². The summed E-state index contributed by atoms with van der Waals surface area (Å²) in [5.41, 5.74) is 0.321. The van der Waals surface area contributed by atoms with Crippen molar-refractivity contribution in [2.24, 2.45) is 11.8 Å². The summed E-state index contributed by atoms with van der Waals surface area (Å²) in [6, 6.07) is 2.48. The standard InChI is InChI=1S/C20H25F2N5O2S/c1-12-3-4-13(2)30(28,29)27(12)7-14-5-18(22)19(6-17(14)21)25-8-15-16(9-25)20(15)26-10-23-24-11-26/h5-6,10-13,15-16,20H,3-4,7-9H2,1-2H3/t12-,13?,15-,16+,20?/m0/s1. The van der Waals surface area contributed by atoms with E-state index in [-0.39, 0.29) is 23.8 Å². The highest BCUT2D eigenvalue weighted by atomic mass is 32.2. The summed E-state index contributed by atoms with van der Waals surface area (Å²) in [4.78, 5) is 1.88. The van der Waals surface area contributed by atoms with E-state index in [2.05, 4.69) is 10.2 Å². The summed E-state index contributed by atoms with van der Waals surface area (Å²) in [5, 5.41) is 7.16. The first-order chi connectivity index (χ1) is 14.3. The van der Waals surface area contributed by atoms with Gasteiger partial charge in [-0.1, -0.05) is 0 Å². The minimum Gasteiger partial charge on any atom is -0.368 e. The normalized spacial score (nSPS) is 32.9. The van der Waals surface area contributed by atoms with E-state index < -0.39 is 26.9 Å². The van der Waals surface area contributed by atoms with Crippen molar-refractivity contribution < 1.29 is 17.2 Å². The molecule has 5 rings (SSSR count). The van der Waals surface area contributed by atoms with E-state index in [4.69, 9.17) is 0 Å². The monoisotopic (exact) mass is 437 g/mol. The zero-order valence-corrected chi connectivity index (χ0v) is 17.8. The number of sulfonamides is 1. The Bertz CT molecular complexity index is 1050. The van der Waals surface area contributed by atoms with Crippen molar-refractivity contribution in [1.82, 2.24) is 19.1 Å². The zero-order valence-electron chi connectivity index (χ0n) is 16.9. The molecule has 2 saturated heterocycles. The Labute approximate surface area is 174 Å². The Morgan fingerprint density at radius 1 is 1.03 bits per heavy atom. The summed E-state index contributed by atoms with van der Waals surface area (Å²) in [7, 11) is -3.51. The molecular formula is C20H25F2N5O2S. The smallest absolute Gasteiger partial charge is 0.217 e. The minimum atomic E-state index is -3.51. The molecule has 5 atom stereocenters. The molecule has 3 heterocycles. The third-order valence-corrected chi connectivity index (χ3v) is 9.43. The van der Waals surface area contributed by atoms with Gasteiger partial charge in [0.1, 0.15) is 24.3 Å². The molecule has 10 heteroatoms. The molecule has 0 radical (unpaired) electrons. The lowest BCUT2D eigenvalue weighted by molar-refractivity contribution is 0.281. The molecule has 1 aromatic carbocycles. The predicted molar refractivity (Wildman–Crippen MR) is 107 cm³/mol. The van der Waals surface area contributed by atoms with Crippen LogP contribution in [-0.2, 0) is 16.6 Å². The van der Waals surface area contributed by atoms with Crippen LogP contribution < -0.4 is 4.90 Å². The van der Waals surface area contributed by atoms with Gasteiger partial charge in [0.05, 0.1) is 10.9 Å². The average Bonchev–Trinajstić information content (AvgIpc) is 3.10. The second-order valence-electron chi connectivity index (χ2n) is 8.85. The number of halogens is 2. The van der Waals surface area contributed by atoms with Crippen molar-refractivity contribution in [3.63, 3.8) is 0 Å². The zero-order chi connectivity index (χ0) is 21.2. The molecule has 2 aliphatic heterocycles. The van der Waals surface area contributed by atoms with Gasteiger partial charge in [-0.05, 0) is 32.8 Å².